The number of amides is 1. The Morgan fingerprint density at radius 3 is 2.59 bits per heavy atom. The van der Waals surface area contributed by atoms with Crippen molar-refractivity contribution in [3.63, 3.8) is 0 Å². The molecule has 2 rings (SSSR count). The minimum absolute atomic E-state index is 0.157. The number of carbonyl (C=O) groups is 1. The van der Waals surface area contributed by atoms with Gasteiger partial charge in [-0.25, -0.2) is 8.42 Å². The summed E-state index contributed by atoms with van der Waals surface area (Å²) in [5.74, 6) is 0.326. The van der Waals surface area contributed by atoms with Gasteiger partial charge in [-0.2, -0.15) is 0 Å². The molecular weight excluding hydrogens is 240 g/mol. The Morgan fingerprint density at radius 1 is 1.35 bits per heavy atom. The Kier molecular flexibility index (Phi) is 3.45. The van der Waals surface area contributed by atoms with Crippen LogP contribution < -0.4 is 5.32 Å². The summed E-state index contributed by atoms with van der Waals surface area (Å²) in [4.78, 5) is 14.0. The van der Waals surface area contributed by atoms with Gasteiger partial charge in [-0.1, -0.05) is 12.8 Å². The summed E-state index contributed by atoms with van der Waals surface area (Å²) < 4.78 is 22.0. The van der Waals surface area contributed by atoms with Crippen LogP contribution in [0.1, 0.15) is 32.1 Å². The van der Waals surface area contributed by atoms with Crippen molar-refractivity contribution in [1.29, 1.82) is 0 Å². The second-order valence-electron chi connectivity index (χ2n) is 5.18. The highest BCUT2D eigenvalue weighted by Crippen LogP contribution is 2.34. The molecular formula is C11H20N2O3S. The quantitative estimate of drug-likeness (QED) is 0.780. The maximum absolute atomic E-state index is 12.2. The fourth-order valence-corrected chi connectivity index (χ4v) is 3.42. The molecule has 1 heterocycles. The minimum Gasteiger partial charge on any atom is -0.328 e. The maximum Gasteiger partial charge on any atom is 0.243 e. The molecule has 6 heteroatoms. The third-order valence-corrected chi connectivity index (χ3v) is 4.74. The minimum atomic E-state index is -2.92. The maximum atomic E-state index is 12.2. The third-order valence-electron chi connectivity index (χ3n) is 3.71. The molecule has 0 aromatic rings. The largest absolute Gasteiger partial charge is 0.328 e. The molecule has 0 aromatic heterocycles. The average molecular weight is 260 g/mol. The Labute approximate surface area is 102 Å². The number of nitrogens with zero attached hydrogens (tertiary/aromatic N) is 1. The number of carbonyl (C=O) groups excluding carboxylic acids is 1. The van der Waals surface area contributed by atoms with Crippen LogP contribution in [0.15, 0.2) is 0 Å². The lowest BCUT2D eigenvalue weighted by molar-refractivity contribution is -0.132. The summed E-state index contributed by atoms with van der Waals surface area (Å²) in [6, 6.07) is 0. The predicted octanol–water partition coefficient (Wildman–Crippen LogP) is 0.123. The first kappa shape index (κ1) is 12.8. The first-order valence-electron chi connectivity index (χ1n) is 6.15. The Morgan fingerprint density at radius 2 is 2.00 bits per heavy atom. The second kappa shape index (κ2) is 4.57. The number of rotatable bonds is 4. The van der Waals surface area contributed by atoms with Crippen LogP contribution in [0, 0.1) is 0 Å². The zero-order valence-corrected chi connectivity index (χ0v) is 11.1. The lowest BCUT2D eigenvalue weighted by atomic mass is 9.98. The van der Waals surface area contributed by atoms with Gasteiger partial charge in [0.1, 0.15) is 9.84 Å². The molecule has 0 aromatic carbocycles. The summed E-state index contributed by atoms with van der Waals surface area (Å²) in [6.07, 6.45) is 5.83. The van der Waals surface area contributed by atoms with Gasteiger partial charge < -0.3 is 4.90 Å². The van der Waals surface area contributed by atoms with Gasteiger partial charge in [0, 0.05) is 12.8 Å². The van der Waals surface area contributed by atoms with Crippen molar-refractivity contribution < 1.29 is 13.2 Å². The number of nitrogens with one attached hydrogen (secondary N) is 1. The summed E-state index contributed by atoms with van der Waals surface area (Å²) in [6.45, 7) is 1.11. The van der Waals surface area contributed by atoms with Crippen molar-refractivity contribution in [2.24, 2.45) is 0 Å². The second-order valence-corrected chi connectivity index (χ2v) is 7.44. The number of hydrogen-bond donors (Lipinski definition) is 1. The van der Waals surface area contributed by atoms with Crippen molar-refractivity contribution in [2.75, 3.05) is 25.2 Å². The van der Waals surface area contributed by atoms with Crippen molar-refractivity contribution in [1.82, 2.24) is 10.2 Å². The van der Waals surface area contributed by atoms with Crippen molar-refractivity contribution in [2.45, 2.75) is 37.6 Å². The summed E-state index contributed by atoms with van der Waals surface area (Å²) in [7, 11) is -2.92. The summed E-state index contributed by atoms with van der Waals surface area (Å²) in [5.41, 5.74) is -0.314. The van der Waals surface area contributed by atoms with Gasteiger partial charge in [-0.05, 0) is 19.3 Å². The van der Waals surface area contributed by atoms with E-state index in [1.165, 1.54) is 6.26 Å². The third kappa shape index (κ3) is 2.80. The van der Waals surface area contributed by atoms with Gasteiger partial charge in [0.15, 0.2) is 0 Å². The van der Waals surface area contributed by atoms with E-state index >= 15 is 0 Å². The van der Waals surface area contributed by atoms with Crippen LogP contribution in [0.3, 0.4) is 0 Å². The van der Waals surface area contributed by atoms with Gasteiger partial charge in [0.05, 0.1) is 18.0 Å². The van der Waals surface area contributed by atoms with E-state index in [1.54, 1.807) is 4.90 Å². The molecule has 1 aliphatic heterocycles. The number of sulfone groups is 1. The van der Waals surface area contributed by atoms with Gasteiger partial charge in [0.2, 0.25) is 5.91 Å². The van der Waals surface area contributed by atoms with Crippen LogP contribution in [0.5, 0.6) is 0 Å². The van der Waals surface area contributed by atoms with E-state index in [2.05, 4.69) is 5.32 Å². The van der Waals surface area contributed by atoms with E-state index in [0.717, 1.165) is 25.7 Å². The van der Waals surface area contributed by atoms with Crippen LogP contribution in [0.25, 0.3) is 0 Å². The van der Waals surface area contributed by atoms with Crippen LogP contribution in [0.4, 0.5) is 0 Å². The monoisotopic (exact) mass is 260 g/mol. The standard InChI is InChI=1S/C11H20N2O3S/c1-17(15,16)8-4-7-13-9-12-11(10(13)14)5-2-3-6-11/h12H,2-9H2,1H3. The molecule has 1 saturated heterocycles. The van der Waals surface area contributed by atoms with Crippen LogP contribution in [-0.4, -0.2) is 50.0 Å². The smallest absolute Gasteiger partial charge is 0.243 e. The highest BCUT2D eigenvalue weighted by Gasteiger charge is 2.47. The highest BCUT2D eigenvalue weighted by molar-refractivity contribution is 7.90. The van der Waals surface area contributed by atoms with Crippen molar-refractivity contribution in [3.8, 4) is 0 Å². The molecule has 2 fully saturated rings. The first-order chi connectivity index (χ1) is 7.93. The molecule has 0 unspecified atom stereocenters. The van der Waals surface area contributed by atoms with E-state index in [1.807, 2.05) is 0 Å². The lowest BCUT2D eigenvalue weighted by Gasteiger charge is -2.21. The summed E-state index contributed by atoms with van der Waals surface area (Å²) >= 11 is 0. The van der Waals surface area contributed by atoms with Crippen molar-refractivity contribution >= 4 is 15.7 Å². The van der Waals surface area contributed by atoms with E-state index in [4.69, 9.17) is 0 Å². The SMILES string of the molecule is CS(=O)(=O)CCCN1CNC2(CCCC2)C1=O. The molecule has 5 nitrogen and oxygen atoms in total. The predicted molar refractivity (Wildman–Crippen MR) is 65.2 cm³/mol. The normalized spacial score (nSPS) is 23.8. The zero-order valence-electron chi connectivity index (χ0n) is 10.2. The Hall–Kier alpha value is -0.620. The van der Waals surface area contributed by atoms with E-state index in [9.17, 15) is 13.2 Å². The van der Waals surface area contributed by atoms with E-state index in [-0.39, 0.29) is 17.2 Å². The van der Waals surface area contributed by atoms with Crippen molar-refractivity contribution in [3.05, 3.63) is 0 Å². The average Bonchev–Trinajstić information content (AvgIpc) is 2.80. The molecule has 98 valence electrons. The molecule has 1 spiro atoms. The molecule has 2 aliphatic rings. The molecule has 0 bridgehead atoms. The molecule has 1 amide bonds. The Balaban J connectivity index is 1.86. The van der Waals surface area contributed by atoms with E-state index < -0.39 is 9.84 Å². The van der Waals surface area contributed by atoms with Gasteiger partial charge >= 0.3 is 0 Å². The summed E-state index contributed by atoms with van der Waals surface area (Å²) in [5, 5.41) is 3.31. The molecule has 1 saturated carbocycles. The zero-order chi connectivity index (χ0) is 12.5. The molecule has 17 heavy (non-hydrogen) atoms. The highest BCUT2D eigenvalue weighted by atomic mass is 32.2. The molecule has 1 aliphatic carbocycles. The first-order valence-corrected chi connectivity index (χ1v) is 8.21. The Bertz CT molecular complexity index is 399. The number of hydrogen-bond acceptors (Lipinski definition) is 4. The van der Waals surface area contributed by atoms with Crippen LogP contribution in [-0.2, 0) is 14.6 Å². The molecule has 0 radical (unpaired) electrons. The topological polar surface area (TPSA) is 66.5 Å². The molecule has 1 N–H and O–H groups in total. The van der Waals surface area contributed by atoms with Gasteiger partial charge in [0.25, 0.3) is 0 Å². The van der Waals surface area contributed by atoms with Crippen LogP contribution in [0.2, 0.25) is 0 Å². The van der Waals surface area contributed by atoms with E-state index in [0.29, 0.717) is 19.6 Å². The fraction of sp³-hybridized carbons (Fsp3) is 0.909. The molecule has 0 atom stereocenters. The fourth-order valence-electron chi connectivity index (χ4n) is 2.76. The van der Waals surface area contributed by atoms with Gasteiger partial charge in [-0.3, -0.25) is 10.1 Å². The lowest BCUT2D eigenvalue weighted by Crippen LogP contribution is -2.44. The van der Waals surface area contributed by atoms with Gasteiger partial charge in [-0.15, -0.1) is 0 Å². The van der Waals surface area contributed by atoms with Crippen LogP contribution >= 0.6 is 0 Å².